The quantitative estimate of drug-likeness (QED) is 0.238. The molecule has 9 heteroatoms. The van der Waals surface area contributed by atoms with E-state index in [4.69, 9.17) is 0 Å². The first-order valence-electron chi connectivity index (χ1n) is 11.5. The van der Waals surface area contributed by atoms with Crippen molar-refractivity contribution >= 4 is 34.9 Å². The number of rotatable bonds is 7. The SMILES string of the molecule is CN(C)c1ccc(/C=C/C(=O)c2cc(-n3cc(CN4C(=O)C(=O)c5ccccc54)nn3)ccc2O)cc1. The van der Waals surface area contributed by atoms with Gasteiger partial charge in [-0.25, -0.2) is 4.68 Å². The molecule has 0 spiro atoms. The minimum atomic E-state index is -0.614. The van der Waals surface area contributed by atoms with Crippen LogP contribution in [0.3, 0.4) is 0 Å². The van der Waals surface area contributed by atoms with Crippen LogP contribution in [0.2, 0.25) is 0 Å². The smallest absolute Gasteiger partial charge is 0.299 e. The second-order valence-corrected chi connectivity index (χ2v) is 8.78. The van der Waals surface area contributed by atoms with Gasteiger partial charge in [0.1, 0.15) is 11.4 Å². The Morgan fingerprint density at radius 1 is 1.03 bits per heavy atom. The van der Waals surface area contributed by atoms with Gasteiger partial charge in [-0.05, 0) is 54.1 Å². The van der Waals surface area contributed by atoms with Crippen LogP contribution in [-0.4, -0.2) is 51.7 Å². The van der Waals surface area contributed by atoms with Crippen molar-refractivity contribution < 1.29 is 19.5 Å². The van der Waals surface area contributed by atoms with Crippen LogP contribution < -0.4 is 9.80 Å². The molecule has 3 aromatic carbocycles. The number of aromatic nitrogens is 3. The van der Waals surface area contributed by atoms with E-state index in [0.717, 1.165) is 11.3 Å². The number of nitrogens with zero attached hydrogens (tertiary/aromatic N) is 5. The Kier molecular flexibility index (Phi) is 6.10. The van der Waals surface area contributed by atoms with Gasteiger partial charge in [0.05, 0.1) is 35.2 Å². The van der Waals surface area contributed by atoms with Gasteiger partial charge in [0.15, 0.2) is 5.78 Å². The highest BCUT2D eigenvalue weighted by Gasteiger charge is 2.35. The number of ketones is 2. The summed E-state index contributed by atoms with van der Waals surface area (Å²) in [6.45, 7) is 0.0702. The molecule has 1 aliphatic rings. The van der Waals surface area contributed by atoms with Crippen LogP contribution >= 0.6 is 0 Å². The molecule has 0 fully saturated rings. The summed E-state index contributed by atoms with van der Waals surface area (Å²) in [5.74, 6) is -1.68. The Labute approximate surface area is 212 Å². The minimum Gasteiger partial charge on any atom is -0.507 e. The molecule has 184 valence electrons. The van der Waals surface area contributed by atoms with E-state index in [1.54, 1.807) is 42.6 Å². The average Bonchev–Trinajstić information content (AvgIpc) is 3.47. The van der Waals surface area contributed by atoms with Gasteiger partial charge in [0.25, 0.3) is 11.7 Å². The Bertz CT molecular complexity index is 1550. The molecule has 1 aliphatic heterocycles. The molecule has 1 amide bonds. The third-order valence-corrected chi connectivity index (χ3v) is 6.09. The van der Waals surface area contributed by atoms with Gasteiger partial charge in [0, 0.05) is 19.8 Å². The Hall–Kier alpha value is -5.05. The van der Waals surface area contributed by atoms with Crippen LogP contribution in [0.25, 0.3) is 11.8 Å². The lowest BCUT2D eigenvalue weighted by molar-refractivity contribution is -0.114. The summed E-state index contributed by atoms with van der Waals surface area (Å²) in [6, 6.07) is 19.1. The van der Waals surface area contributed by atoms with Gasteiger partial charge < -0.3 is 10.0 Å². The number of phenolic OH excluding ortho intramolecular Hbond substituents is 1. The monoisotopic (exact) mass is 493 g/mol. The van der Waals surface area contributed by atoms with E-state index in [9.17, 15) is 19.5 Å². The number of aromatic hydroxyl groups is 1. The second kappa shape index (κ2) is 9.54. The van der Waals surface area contributed by atoms with E-state index in [-0.39, 0.29) is 23.6 Å². The van der Waals surface area contributed by atoms with E-state index >= 15 is 0 Å². The molecule has 0 atom stereocenters. The van der Waals surface area contributed by atoms with Crippen molar-refractivity contribution in [3.8, 4) is 11.4 Å². The van der Waals surface area contributed by atoms with Crippen molar-refractivity contribution in [2.45, 2.75) is 6.54 Å². The molecule has 37 heavy (non-hydrogen) atoms. The zero-order valence-corrected chi connectivity index (χ0v) is 20.2. The highest BCUT2D eigenvalue weighted by atomic mass is 16.3. The maximum Gasteiger partial charge on any atom is 0.299 e. The standard InChI is InChI=1S/C28H23N5O4/c1-31(2)20-10-7-18(8-11-20)9-13-25(34)23-15-21(12-14-26(23)35)33-17-19(29-30-33)16-32-24-6-4-3-5-22(24)27(36)28(32)37/h3-15,17,35H,16H2,1-2H3/b13-9+. The minimum absolute atomic E-state index is 0.0702. The number of phenols is 1. The van der Waals surface area contributed by atoms with Crippen molar-refractivity contribution in [3.63, 3.8) is 0 Å². The second-order valence-electron chi connectivity index (χ2n) is 8.78. The molecule has 4 aromatic rings. The third kappa shape index (κ3) is 4.62. The summed E-state index contributed by atoms with van der Waals surface area (Å²) >= 11 is 0. The molecule has 5 rings (SSSR count). The van der Waals surface area contributed by atoms with Crippen LogP contribution in [0, 0.1) is 0 Å². The largest absolute Gasteiger partial charge is 0.507 e. The molecule has 0 aliphatic carbocycles. The van der Waals surface area contributed by atoms with Crippen LogP contribution in [0.5, 0.6) is 5.75 Å². The number of benzene rings is 3. The molecule has 0 unspecified atom stereocenters. The van der Waals surface area contributed by atoms with Crippen molar-refractivity contribution in [1.29, 1.82) is 0 Å². The van der Waals surface area contributed by atoms with Crippen LogP contribution in [0.15, 0.2) is 79.0 Å². The first kappa shape index (κ1) is 23.7. The highest BCUT2D eigenvalue weighted by molar-refractivity contribution is 6.52. The summed E-state index contributed by atoms with van der Waals surface area (Å²) < 4.78 is 1.45. The fraction of sp³-hybridized carbons (Fsp3) is 0.107. The number of hydrogen-bond donors (Lipinski definition) is 1. The summed E-state index contributed by atoms with van der Waals surface area (Å²) in [4.78, 5) is 40.9. The number of carbonyl (C=O) groups excluding carboxylic acids is 3. The molecule has 0 saturated heterocycles. The number of fused-ring (bicyclic) bond motifs is 1. The number of allylic oxidation sites excluding steroid dienone is 1. The normalized spacial score (nSPS) is 12.9. The lowest BCUT2D eigenvalue weighted by atomic mass is 10.1. The van der Waals surface area contributed by atoms with E-state index in [0.29, 0.717) is 22.6 Å². The number of carbonyl (C=O) groups is 3. The van der Waals surface area contributed by atoms with Gasteiger partial charge in [-0.1, -0.05) is 35.6 Å². The number of amides is 1. The number of anilines is 2. The van der Waals surface area contributed by atoms with Crippen molar-refractivity contribution in [1.82, 2.24) is 15.0 Å². The Balaban J connectivity index is 1.34. The molecular formula is C28H23N5O4. The molecule has 1 N–H and O–H groups in total. The van der Waals surface area contributed by atoms with E-state index in [1.165, 1.54) is 27.8 Å². The van der Waals surface area contributed by atoms with E-state index < -0.39 is 11.7 Å². The number of para-hydroxylation sites is 1. The fourth-order valence-corrected chi connectivity index (χ4v) is 4.07. The van der Waals surface area contributed by atoms with Crippen LogP contribution in [-0.2, 0) is 11.3 Å². The molecule has 0 radical (unpaired) electrons. The maximum absolute atomic E-state index is 12.8. The van der Waals surface area contributed by atoms with Crippen molar-refractivity contribution in [2.75, 3.05) is 23.9 Å². The lowest BCUT2D eigenvalue weighted by Crippen LogP contribution is -2.29. The zero-order chi connectivity index (χ0) is 26.1. The highest BCUT2D eigenvalue weighted by Crippen LogP contribution is 2.30. The predicted octanol–water partition coefficient (Wildman–Crippen LogP) is 3.66. The fourth-order valence-electron chi connectivity index (χ4n) is 4.07. The molecule has 0 bridgehead atoms. The third-order valence-electron chi connectivity index (χ3n) is 6.09. The van der Waals surface area contributed by atoms with Gasteiger partial charge in [-0.3, -0.25) is 19.3 Å². The molecule has 9 nitrogen and oxygen atoms in total. The van der Waals surface area contributed by atoms with E-state index in [1.807, 2.05) is 43.3 Å². The zero-order valence-electron chi connectivity index (χ0n) is 20.2. The first-order chi connectivity index (χ1) is 17.8. The molecule has 1 aromatic heterocycles. The van der Waals surface area contributed by atoms with E-state index in [2.05, 4.69) is 10.3 Å². The summed E-state index contributed by atoms with van der Waals surface area (Å²) in [5, 5.41) is 18.5. The van der Waals surface area contributed by atoms with Crippen molar-refractivity contribution in [3.05, 3.63) is 101 Å². The molecule has 2 heterocycles. The van der Waals surface area contributed by atoms with Gasteiger partial charge in [0.2, 0.25) is 0 Å². The van der Waals surface area contributed by atoms with Crippen LogP contribution in [0.4, 0.5) is 11.4 Å². The first-order valence-corrected chi connectivity index (χ1v) is 11.5. The van der Waals surface area contributed by atoms with Gasteiger partial charge in [-0.2, -0.15) is 0 Å². The average molecular weight is 494 g/mol. The number of Topliss-reactive ketones (excluding diaryl/α,β-unsaturated/α-hetero) is 1. The Morgan fingerprint density at radius 2 is 1.78 bits per heavy atom. The van der Waals surface area contributed by atoms with Crippen LogP contribution in [0.1, 0.15) is 32.0 Å². The lowest BCUT2D eigenvalue weighted by Gasteiger charge is -2.14. The van der Waals surface area contributed by atoms with Gasteiger partial charge >= 0.3 is 0 Å². The summed E-state index contributed by atoms with van der Waals surface area (Å²) in [5.41, 5.74) is 3.88. The van der Waals surface area contributed by atoms with Gasteiger partial charge in [-0.15, -0.1) is 5.10 Å². The number of hydrogen-bond acceptors (Lipinski definition) is 7. The predicted molar refractivity (Wildman–Crippen MR) is 139 cm³/mol. The molecule has 0 saturated carbocycles. The Morgan fingerprint density at radius 3 is 2.54 bits per heavy atom. The summed E-state index contributed by atoms with van der Waals surface area (Å²) in [7, 11) is 3.90. The van der Waals surface area contributed by atoms with Crippen molar-refractivity contribution in [2.24, 2.45) is 0 Å². The topological polar surface area (TPSA) is 109 Å². The molecular weight excluding hydrogens is 470 g/mol. The maximum atomic E-state index is 12.8. The summed E-state index contributed by atoms with van der Waals surface area (Å²) in [6.07, 6.45) is 4.71.